The Morgan fingerprint density at radius 2 is 2.13 bits per heavy atom. The lowest BCUT2D eigenvalue weighted by molar-refractivity contribution is 0.152. The van der Waals surface area contributed by atoms with Crippen LogP contribution in [0.1, 0.15) is 20.8 Å². The average Bonchev–Trinajstić information content (AvgIpc) is 2.43. The van der Waals surface area contributed by atoms with Crippen LogP contribution >= 0.6 is 21.6 Å². The summed E-state index contributed by atoms with van der Waals surface area (Å²) in [5, 5.41) is 10.3. The first-order chi connectivity index (χ1) is 7.03. The van der Waals surface area contributed by atoms with E-state index in [0.29, 0.717) is 0 Å². The zero-order valence-corrected chi connectivity index (χ0v) is 11.1. The molecule has 0 aromatic carbocycles. The van der Waals surface area contributed by atoms with Crippen LogP contribution in [-0.4, -0.2) is 21.2 Å². The smallest absolute Gasteiger partial charge is 0.0857 e. The first-order valence-electron chi connectivity index (χ1n) is 5.00. The molecule has 0 saturated carbocycles. The first kappa shape index (κ1) is 12.9. The number of hydrogen-bond acceptors (Lipinski definition) is 3. The summed E-state index contributed by atoms with van der Waals surface area (Å²) in [6, 6.07) is 0. The van der Waals surface area contributed by atoms with Crippen molar-refractivity contribution in [2.75, 3.05) is 0 Å². The minimum absolute atomic E-state index is 0.0722. The predicted octanol–water partition coefficient (Wildman–Crippen LogP) is 3.58. The second-order valence-corrected chi connectivity index (χ2v) is 7.05. The topological polar surface area (TPSA) is 20.2 Å². The number of allylic oxidation sites excluding steroid dienone is 4. The monoisotopic (exact) mass is 242 g/mol. The Kier molecular flexibility index (Phi) is 4.56. The summed E-state index contributed by atoms with van der Waals surface area (Å²) < 4.78 is -0.0722. The highest BCUT2D eigenvalue weighted by molar-refractivity contribution is 8.78. The van der Waals surface area contributed by atoms with Gasteiger partial charge in [-0.3, -0.25) is 0 Å². The largest absolute Gasteiger partial charge is 0.390 e. The third-order valence-corrected chi connectivity index (χ3v) is 6.07. The van der Waals surface area contributed by atoms with Crippen LogP contribution in [0, 0.1) is 0 Å². The summed E-state index contributed by atoms with van der Waals surface area (Å²) in [5.74, 6) is 0. The summed E-state index contributed by atoms with van der Waals surface area (Å²) in [5.41, 5.74) is 1.14. The molecular weight excluding hydrogens is 224 g/mol. The highest BCUT2D eigenvalue weighted by Gasteiger charge is 2.43. The molecule has 0 radical (unpaired) electrons. The van der Waals surface area contributed by atoms with Gasteiger partial charge in [-0.2, -0.15) is 0 Å². The maximum absolute atomic E-state index is 10.2. The van der Waals surface area contributed by atoms with Gasteiger partial charge >= 0.3 is 0 Å². The van der Waals surface area contributed by atoms with Gasteiger partial charge in [0.15, 0.2) is 0 Å². The van der Waals surface area contributed by atoms with Crippen molar-refractivity contribution in [2.24, 2.45) is 0 Å². The van der Waals surface area contributed by atoms with Gasteiger partial charge in [0.25, 0.3) is 0 Å². The number of hydrogen-bond donors (Lipinski definition) is 1. The van der Waals surface area contributed by atoms with Crippen LogP contribution in [0.25, 0.3) is 0 Å². The fourth-order valence-corrected chi connectivity index (χ4v) is 4.84. The van der Waals surface area contributed by atoms with Crippen molar-refractivity contribution >= 4 is 21.6 Å². The third kappa shape index (κ3) is 2.92. The molecule has 1 heterocycles. The molecule has 1 aliphatic rings. The molecule has 3 heteroatoms. The SMILES string of the molecule is C=C/C=C(\C=C/C)C1SSC(C)(C)C1O. The zero-order valence-electron chi connectivity index (χ0n) is 9.43. The Labute approximate surface area is 100 Å². The van der Waals surface area contributed by atoms with E-state index in [4.69, 9.17) is 0 Å². The minimum Gasteiger partial charge on any atom is -0.390 e. The zero-order chi connectivity index (χ0) is 11.5. The van der Waals surface area contributed by atoms with E-state index < -0.39 is 0 Å². The molecule has 1 aliphatic heterocycles. The lowest BCUT2D eigenvalue weighted by Gasteiger charge is -2.23. The fourth-order valence-electron chi connectivity index (χ4n) is 1.45. The van der Waals surface area contributed by atoms with Crippen molar-refractivity contribution in [1.29, 1.82) is 0 Å². The molecule has 1 nitrogen and oxygen atoms in total. The second kappa shape index (κ2) is 5.28. The van der Waals surface area contributed by atoms with Gasteiger partial charge in [-0.05, 0) is 26.3 Å². The van der Waals surface area contributed by atoms with Crippen LogP contribution in [0.15, 0.2) is 36.5 Å². The molecule has 0 aromatic rings. The standard InChI is InChI=1S/C12H18OS2/c1-5-7-9(8-6-2)10-11(13)12(3,4)15-14-10/h5-8,10-11,13H,1H2,2-4H3/b8-6-,9-7+. The summed E-state index contributed by atoms with van der Waals surface area (Å²) in [6.45, 7) is 9.85. The minimum atomic E-state index is -0.310. The molecule has 1 saturated heterocycles. The highest BCUT2D eigenvalue weighted by atomic mass is 33.1. The van der Waals surface area contributed by atoms with Crippen molar-refractivity contribution in [2.45, 2.75) is 36.9 Å². The Morgan fingerprint density at radius 3 is 2.53 bits per heavy atom. The van der Waals surface area contributed by atoms with E-state index in [1.54, 1.807) is 27.7 Å². The van der Waals surface area contributed by atoms with Gasteiger partial charge in [-0.25, -0.2) is 0 Å². The highest BCUT2D eigenvalue weighted by Crippen LogP contribution is 2.53. The van der Waals surface area contributed by atoms with Gasteiger partial charge in [-0.1, -0.05) is 52.5 Å². The number of aliphatic hydroxyl groups excluding tert-OH is 1. The second-order valence-electron chi connectivity index (χ2n) is 4.05. The summed E-state index contributed by atoms with van der Waals surface area (Å²) in [4.78, 5) is 0. The van der Waals surface area contributed by atoms with Crippen LogP contribution in [0.3, 0.4) is 0 Å². The van der Waals surface area contributed by atoms with Crippen LogP contribution in [0.2, 0.25) is 0 Å². The molecule has 1 N–H and O–H groups in total. The van der Waals surface area contributed by atoms with Gasteiger partial charge < -0.3 is 5.11 Å². The maximum Gasteiger partial charge on any atom is 0.0857 e. The van der Waals surface area contributed by atoms with Crippen LogP contribution in [-0.2, 0) is 0 Å². The van der Waals surface area contributed by atoms with E-state index in [2.05, 4.69) is 20.4 Å². The molecule has 1 fully saturated rings. The Balaban J connectivity index is 2.88. The lowest BCUT2D eigenvalue weighted by atomic mass is 9.97. The van der Waals surface area contributed by atoms with E-state index in [0.717, 1.165) is 5.57 Å². The van der Waals surface area contributed by atoms with Gasteiger partial charge in [0.2, 0.25) is 0 Å². The average molecular weight is 242 g/mol. The van der Waals surface area contributed by atoms with Crippen LogP contribution in [0.4, 0.5) is 0 Å². The normalized spacial score (nSPS) is 31.1. The molecule has 0 aliphatic carbocycles. The Bertz CT molecular complexity index is 292. The molecule has 2 atom stereocenters. The van der Waals surface area contributed by atoms with E-state index >= 15 is 0 Å². The van der Waals surface area contributed by atoms with Crippen molar-refractivity contribution in [1.82, 2.24) is 0 Å². The molecule has 1 rings (SSSR count). The van der Waals surface area contributed by atoms with Crippen molar-refractivity contribution < 1.29 is 5.11 Å². The van der Waals surface area contributed by atoms with Gasteiger partial charge in [0, 0.05) is 4.75 Å². The molecule has 0 amide bonds. The summed E-state index contributed by atoms with van der Waals surface area (Å²) in [7, 11) is 3.50. The molecule has 84 valence electrons. The van der Waals surface area contributed by atoms with E-state index in [1.807, 2.05) is 25.2 Å². The van der Waals surface area contributed by atoms with Crippen molar-refractivity contribution in [3.05, 3.63) is 36.5 Å². The Morgan fingerprint density at radius 1 is 1.47 bits per heavy atom. The van der Waals surface area contributed by atoms with E-state index in [9.17, 15) is 5.11 Å². The quantitative estimate of drug-likeness (QED) is 0.603. The molecule has 0 spiro atoms. The van der Waals surface area contributed by atoms with E-state index in [-0.39, 0.29) is 16.1 Å². The van der Waals surface area contributed by atoms with Crippen molar-refractivity contribution in [3.8, 4) is 0 Å². The first-order valence-corrected chi connectivity index (χ1v) is 7.22. The lowest BCUT2D eigenvalue weighted by Crippen LogP contribution is -2.35. The fraction of sp³-hybridized carbons (Fsp3) is 0.500. The van der Waals surface area contributed by atoms with Crippen LogP contribution < -0.4 is 0 Å². The maximum atomic E-state index is 10.2. The third-order valence-electron chi connectivity index (χ3n) is 2.36. The molecular formula is C12H18OS2. The predicted molar refractivity (Wildman–Crippen MR) is 72.1 cm³/mol. The van der Waals surface area contributed by atoms with Crippen LogP contribution in [0.5, 0.6) is 0 Å². The Hall–Kier alpha value is -0.120. The molecule has 0 aromatic heterocycles. The molecule has 0 bridgehead atoms. The number of rotatable bonds is 3. The molecule has 2 unspecified atom stereocenters. The summed E-state index contributed by atoms with van der Waals surface area (Å²) >= 11 is 0. The van der Waals surface area contributed by atoms with Gasteiger partial charge in [0.05, 0.1) is 11.4 Å². The summed E-state index contributed by atoms with van der Waals surface area (Å²) in [6.07, 6.45) is 7.49. The van der Waals surface area contributed by atoms with Crippen molar-refractivity contribution in [3.63, 3.8) is 0 Å². The van der Waals surface area contributed by atoms with Gasteiger partial charge in [-0.15, -0.1) is 0 Å². The number of aliphatic hydroxyl groups is 1. The van der Waals surface area contributed by atoms with Gasteiger partial charge in [0.1, 0.15) is 0 Å². The van der Waals surface area contributed by atoms with E-state index in [1.165, 1.54) is 0 Å². The molecule has 15 heavy (non-hydrogen) atoms.